The van der Waals surface area contributed by atoms with Crippen molar-refractivity contribution >= 4 is 28.4 Å². The van der Waals surface area contributed by atoms with Crippen LogP contribution in [0.1, 0.15) is 29.5 Å². The number of carbonyl (C=O) groups excluding carboxylic acids is 1. The van der Waals surface area contributed by atoms with E-state index in [1.165, 1.54) is 0 Å². The fourth-order valence-electron chi connectivity index (χ4n) is 1.51. The number of amides is 1. The first-order chi connectivity index (χ1) is 9.60. The van der Waals surface area contributed by atoms with Crippen molar-refractivity contribution < 1.29 is 9.18 Å². The molecule has 0 radical (unpaired) electrons. The van der Waals surface area contributed by atoms with Crippen LogP contribution in [0.15, 0.2) is 12.3 Å². The Balaban J connectivity index is 2.21. The minimum Gasteiger partial charge on any atom is -0.369 e. The largest absolute Gasteiger partial charge is 0.369 e. The molecule has 0 aliphatic heterocycles. The number of halogens is 1. The molecule has 20 heavy (non-hydrogen) atoms. The number of nitrogens with zero attached hydrogens (tertiary/aromatic N) is 3. The second-order valence-electron chi connectivity index (χ2n) is 4.08. The lowest BCUT2D eigenvalue weighted by Gasteiger charge is -2.09. The Morgan fingerprint density at radius 3 is 2.95 bits per heavy atom. The highest BCUT2D eigenvalue weighted by molar-refractivity contribution is 7.09. The molecule has 2 rings (SSSR count). The van der Waals surface area contributed by atoms with E-state index in [2.05, 4.69) is 25.0 Å². The molecule has 2 aromatic rings. The number of pyridine rings is 1. The fourth-order valence-corrected chi connectivity index (χ4v) is 2.08. The zero-order valence-electron chi connectivity index (χ0n) is 11.1. The van der Waals surface area contributed by atoms with Gasteiger partial charge < -0.3 is 5.32 Å². The molecule has 0 saturated heterocycles. The Morgan fingerprint density at radius 2 is 2.30 bits per heavy atom. The lowest BCUT2D eigenvalue weighted by Crippen LogP contribution is -2.16. The number of aryl methyl sites for hydroxylation is 1. The third-order valence-corrected chi connectivity index (χ3v) is 3.11. The maximum Gasteiger partial charge on any atom is 0.261 e. The maximum absolute atomic E-state index is 13.3. The molecular formula is C12H14FN5OS. The van der Waals surface area contributed by atoms with Crippen LogP contribution in [-0.2, 0) is 0 Å². The van der Waals surface area contributed by atoms with E-state index >= 15 is 0 Å². The van der Waals surface area contributed by atoms with Gasteiger partial charge in [-0.1, -0.05) is 6.92 Å². The van der Waals surface area contributed by atoms with Gasteiger partial charge in [-0.2, -0.15) is 4.37 Å². The van der Waals surface area contributed by atoms with Gasteiger partial charge in [-0.05, 0) is 19.4 Å². The molecule has 0 aliphatic rings. The Hall–Kier alpha value is -2.09. The molecule has 0 saturated carbocycles. The molecule has 0 spiro atoms. The number of aromatic nitrogens is 3. The van der Waals surface area contributed by atoms with Crippen LogP contribution >= 0.6 is 11.5 Å². The quantitative estimate of drug-likeness (QED) is 0.885. The van der Waals surface area contributed by atoms with E-state index in [1.54, 1.807) is 6.92 Å². The minimum atomic E-state index is -0.564. The number of hydrogen-bond donors (Lipinski definition) is 2. The normalized spacial score (nSPS) is 10.3. The van der Waals surface area contributed by atoms with Crippen LogP contribution < -0.4 is 10.6 Å². The standard InChI is InChI=1S/C12H14FN5OS/c1-3-4-14-10-9(5-8(13)6-15-10)11(19)17-12-16-7(2)18-20-12/h5-6H,3-4H2,1-2H3,(H,14,15)(H,16,17,18,19). The van der Waals surface area contributed by atoms with E-state index in [0.29, 0.717) is 23.3 Å². The SMILES string of the molecule is CCCNc1ncc(F)cc1C(=O)Nc1nc(C)ns1. The van der Waals surface area contributed by atoms with E-state index in [0.717, 1.165) is 30.2 Å². The van der Waals surface area contributed by atoms with Crippen LogP contribution in [-0.4, -0.2) is 26.8 Å². The van der Waals surface area contributed by atoms with Crippen molar-refractivity contribution in [3.05, 3.63) is 29.5 Å². The first kappa shape index (κ1) is 14.3. The predicted molar refractivity (Wildman–Crippen MR) is 75.6 cm³/mol. The molecule has 0 bridgehead atoms. The smallest absolute Gasteiger partial charge is 0.261 e. The Morgan fingerprint density at radius 1 is 1.50 bits per heavy atom. The zero-order valence-corrected chi connectivity index (χ0v) is 11.9. The van der Waals surface area contributed by atoms with Gasteiger partial charge in [0.1, 0.15) is 17.5 Å². The van der Waals surface area contributed by atoms with E-state index < -0.39 is 11.7 Å². The molecule has 1 amide bonds. The number of rotatable bonds is 5. The summed E-state index contributed by atoms with van der Waals surface area (Å²) in [5.74, 6) is -0.101. The van der Waals surface area contributed by atoms with Crippen molar-refractivity contribution in [2.45, 2.75) is 20.3 Å². The molecule has 0 fully saturated rings. The molecule has 6 nitrogen and oxygen atoms in total. The average Bonchev–Trinajstić information content (AvgIpc) is 2.82. The predicted octanol–water partition coefficient (Wildman–Crippen LogP) is 2.45. The zero-order chi connectivity index (χ0) is 14.5. The summed E-state index contributed by atoms with van der Waals surface area (Å²) in [6, 6.07) is 1.15. The lowest BCUT2D eigenvalue weighted by molar-refractivity contribution is 0.102. The van der Waals surface area contributed by atoms with Crippen LogP contribution in [0.3, 0.4) is 0 Å². The van der Waals surface area contributed by atoms with Crippen LogP contribution in [0.5, 0.6) is 0 Å². The molecule has 8 heteroatoms. The molecule has 0 atom stereocenters. The molecule has 2 N–H and O–H groups in total. The fraction of sp³-hybridized carbons (Fsp3) is 0.333. The first-order valence-corrected chi connectivity index (χ1v) is 6.88. The number of nitrogens with one attached hydrogen (secondary N) is 2. The van der Waals surface area contributed by atoms with Gasteiger partial charge in [-0.15, -0.1) is 0 Å². The van der Waals surface area contributed by atoms with Crippen molar-refractivity contribution in [1.82, 2.24) is 14.3 Å². The van der Waals surface area contributed by atoms with Gasteiger partial charge in [0.05, 0.1) is 11.8 Å². The summed E-state index contributed by atoms with van der Waals surface area (Å²) >= 11 is 1.07. The Kier molecular flexibility index (Phi) is 4.57. The van der Waals surface area contributed by atoms with Crippen molar-refractivity contribution in [3.63, 3.8) is 0 Å². The van der Waals surface area contributed by atoms with E-state index in [-0.39, 0.29) is 5.56 Å². The van der Waals surface area contributed by atoms with Gasteiger partial charge in [-0.3, -0.25) is 10.1 Å². The molecule has 0 aromatic carbocycles. The van der Waals surface area contributed by atoms with E-state index in [1.807, 2.05) is 6.92 Å². The monoisotopic (exact) mass is 295 g/mol. The average molecular weight is 295 g/mol. The lowest BCUT2D eigenvalue weighted by atomic mass is 10.2. The van der Waals surface area contributed by atoms with Crippen LogP contribution in [0.25, 0.3) is 0 Å². The second-order valence-corrected chi connectivity index (χ2v) is 4.83. The van der Waals surface area contributed by atoms with Crippen molar-refractivity contribution in [2.24, 2.45) is 0 Å². The molecule has 2 aromatic heterocycles. The molecular weight excluding hydrogens is 281 g/mol. The third-order valence-electron chi connectivity index (χ3n) is 2.39. The summed E-state index contributed by atoms with van der Waals surface area (Å²) in [7, 11) is 0. The number of hydrogen-bond acceptors (Lipinski definition) is 6. The number of carbonyl (C=O) groups is 1. The van der Waals surface area contributed by atoms with Gasteiger partial charge in [-0.25, -0.2) is 14.4 Å². The number of anilines is 2. The highest BCUT2D eigenvalue weighted by atomic mass is 32.1. The Labute approximate surface area is 119 Å². The maximum atomic E-state index is 13.3. The van der Waals surface area contributed by atoms with Crippen LogP contribution in [0.2, 0.25) is 0 Å². The van der Waals surface area contributed by atoms with Crippen LogP contribution in [0.4, 0.5) is 15.3 Å². The molecule has 0 aliphatic carbocycles. The first-order valence-electron chi connectivity index (χ1n) is 6.11. The highest BCUT2D eigenvalue weighted by Crippen LogP contribution is 2.17. The van der Waals surface area contributed by atoms with Crippen molar-refractivity contribution in [2.75, 3.05) is 17.2 Å². The van der Waals surface area contributed by atoms with Gasteiger partial charge in [0.2, 0.25) is 5.13 Å². The van der Waals surface area contributed by atoms with Crippen molar-refractivity contribution in [1.29, 1.82) is 0 Å². The van der Waals surface area contributed by atoms with Gasteiger partial charge in [0, 0.05) is 18.1 Å². The summed E-state index contributed by atoms with van der Waals surface area (Å²) in [5.41, 5.74) is 0.145. The Bertz CT molecular complexity index is 616. The van der Waals surface area contributed by atoms with Crippen LogP contribution in [0, 0.1) is 12.7 Å². The van der Waals surface area contributed by atoms with Gasteiger partial charge in [0.15, 0.2) is 0 Å². The second kappa shape index (κ2) is 6.38. The van der Waals surface area contributed by atoms with Gasteiger partial charge in [0.25, 0.3) is 5.91 Å². The summed E-state index contributed by atoms with van der Waals surface area (Å²) in [6.07, 6.45) is 1.94. The topological polar surface area (TPSA) is 79.8 Å². The summed E-state index contributed by atoms with van der Waals surface area (Å²) in [5, 5.41) is 5.95. The molecule has 106 valence electrons. The van der Waals surface area contributed by atoms with E-state index in [9.17, 15) is 9.18 Å². The third kappa shape index (κ3) is 3.47. The molecule has 2 heterocycles. The summed E-state index contributed by atoms with van der Waals surface area (Å²) in [4.78, 5) is 20.1. The molecule has 0 unspecified atom stereocenters. The minimum absolute atomic E-state index is 0.145. The summed E-state index contributed by atoms with van der Waals surface area (Å²) < 4.78 is 17.2. The highest BCUT2D eigenvalue weighted by Gasteiger charge is 2.15. The van der Waals surface area contributed by atoms with E-state index in [4.69, 9.17) is 0 Å². The van der Waals surface area contributed by atoms with Crippen molar-refractivity contribution in [3.8, 4) is 0 Å². The van der Waals surface area contributed by atoms with Gasteiger partial charge >= 0.3 is 0 Å². The summed E-state index contributed by atoms with van der Waals surface area (Å²) in [6.45, 7) is 4.36.